The molecule has 1 aliphatic carbocycles. The van der Waals surface area contributed by atoms with Crippen molar-refractivity contribution in [3.05, 3.63) is 23.2 Å². The monoisotopic (exact) mass is 354 g/mol. The molecule has 0 N–H and O–H groups in total. The Balaban J connectivity index is 3.23. The summed E-state index contributed by atoms with van der Waals surface area (Å²) >= 11 is 0. The molecule has 0 aromatic rings. The van der Waals surface area contributed by atoms with Crippen molar-refractivity contribution in [3.63, 3.8) is 0 Å². The van der Waals surface area contributed by atoms with Gasteiger partial charge in [-0.15, -0.1) is 0 Å². The Morgan fingerprint density at radius 1 is 0.826 bits per heavy atom. The zero-order chi connectivity index (χ0) is 18.4. The Morgan fingerprint density at radius 2 is 1.22 bits per heavy atom. The average molecular weight is 355 g/mol. The lowest BCUT2D eigenvalue weighted by Crippen LogP contribution is -2.43. The van der Waals surface area contributed by atoms with E-state index in [9.17, 15) is 0 Å². The molecule has 0 aromatic heterocycles. The zero-order valence-electron chi connectivity index (χ0n) is 17.5. The molecule has 0 fully saturated rings. The highest BCUT2D eigenvalue weighted by Gasteiger charge is 2.44. The smallest absolute Gasteiger partial charge is 0.250 e. The Morgan fingerprint density at radius 3 is 1.61 bits per heavy atom. The van der Waals surface area contributed by atoms with Crippen LogP contribution in [0, 0.1) is 5.92 Å². The molecule has 0 aromatic carbocycles. The molecular formula is C19H38O2Si2. The Kier molecular flexibility index (Phi) is 5.46. The quantitative estimate of drug-likeness (QED) is 0.515. The van der Waals surface area contributed by atoms with Crippen LogP contribution in [0.1, 0.15) is 55.4 Å². The van der Waals surface area contributed by atoms with E-state index in [0.717, 1.165) is 11.5 Å². The third-order valence-electron chi connectivity index (χ3n) is 5.83. The van der Waals surface area contributed by atoms with E-state index in [4.69, 9.17) is 8.85 Å². The van der Waals surface area contributed by atoms with Gasteiger partial charge in [-0.1, -0.05) is 54.5 Å². The summed E-state index contributed by atoms with van der Waals surface area (Å²) in [6, 6.07) is 0. The largest absolute Gasteiger partial charge is 0.543 e. The van der Waals surface area contributed by atoms with Gasteiger partial charge >= 0.3 is 0 Å². The zero-order valence-corrected chi connectivity index (χ0v) is 19.5. The van der Waals surface area contributed by atoms with Crippen LogP contribution in [0.15, 0.2) is 23.2 Å². The average Bonchev–Trinajstić information content (AvgIpc) is 2.52. The van der Waals surface area contributed by atoms with Crippen molar-refractivity contribution in [2.75, 3.05) is 0 Å². The second-order valence-electron chi connectivity index (χ2n) is 10.1. The van der Waals surface area contributed by atoms with Crippen molar-refractivity contribution >= 4 is 16.6 Å². The number of allylic oxidation sites excluding steroid dienone is 2. The molecule has 0 saturated carbocycles. The van der Waals surface area contributed by atoms with E-state index in [-0.39, 0.29) is 10.1 Å². The van der Waals surface area contributed by atoms with E-state index >= 15 is 0 Å². The van der Waals surface area contributed by atoms with Crippen LogP contribution in [0.2, 0.25) is 36.3 Å². The van der Waals surface area contributed by atoms with E-state index in [0.29, 0.717) is 5.92 Å². The normalized spacial score (nSPS) is 20.7. The third kappa shape index (κ3) is 4.33. The first-order valence-electron chi connectivity index (χ1n) is 8.80. The summed E-state index contributed by atoms with van der Waals surface area (Å²) in [6.45, 7) is 27.3. The van der Waals surface area contributed by atoms with Gasteiger partial charge in [-0.25, -0.2) is 0 Å². The van der Waals surface area contributed by atoms with Gasteiger partial charge in [0.1, 0.15) is 11.5 Å². The fraction of sp³-hybridized carbons (Fsp3) is 0.789. The first-order chi connectivity index (χ1) is 9.99. The van der Waals surface area contributed by atoms with Gasteiger partial charge in [-0.2, -0.15) is 0 Å². The van der Waals surface area contributed by atoms with Crippen LogP contribution < -0.4 is 0 Å². The first-order valence-corrected chi connectivity index (χ1v) is 14.6. The van der Waals surface area contributed by atoms with Gasteiger partial charge < -0.3 is 8.85 Å². The number of hydrogen-bond donors (Lipinski definition) is 0. The Labute approximate surface area is 146 Å². The minimum absolute atomic E-state index is 0.189. The predicted molar refractivity (Wildman–Crippen MR) is 107 cm³/mol. The summed E-state index contributed by atoms with van der Waals surface area (Å²) in [7, 11) is -3.73. The standard InChI is InChI=1S/C19H38O2Si2/c1-14-13-15(2)17(21-23(11,12)19(6,7)8)16(14)20-22(9,10)18(3,4)5/h13-14H,1-12H3. The molecule has 1 rings (SSSR count). The van der Waals surface area contributed by atoms with Gasteiger partial charge in [0.05, 0.1) is 0 Å². The van der Waals surface area contributed by atoms with Crippen LogP contribution in [-0.4, -0.2) is 16.6 Å². The summed E-state index contributed by atoms with van der Waals surface area (Å²) in [4.78, 5) is 0. The molecule has 2 nitrogen and oxygen atoms in total. The minimum atomic E-state index is -1.87. The Hall–Kier alpha value is -0.486. The topological polar surface area (TPSA) is 18.5 Å². The molecule has 0 amide bonds. The lowest BCUT2D eigenvalue weighted by molar-refractivity contribution is 0.304. The van der Waals surface area contributed by atoms with Crippen LogP contribution >= 0.6 is 0 Å². The van der Waals surface area contributed by atoms with Gasteiger partial charge in [0.25, 0.3) is 8.32 Å². The highest BCUT2D eigenvalue weighted by Crippen LogP contribution is 2.45. The summed E-state index contributed by atoms with van der Waals surface area (Å²) in [5.41, 5.74) is 1.23. The maximum Gasteiger partial charge on any atom is 0.250 e. The van der Waals surface area contributed by atoms with Crippen LogP contribution in [0.25, 0.3) is 0 Å². The SMILES string of the molecule is CC1=CC(C)C(O[Si](C)(C)C(C)(C)C)=C1O[Si](C)(C)C(C)(C)C. The molecule has 1 unspecified atom stereocenters. The molecule has 1 atom stereocenters. The molecule has 0 heterocycles. The van der Waals surface area contributed by atoms with E-state index in [1.165, 1.54) is 5.57 Å². The molecule has 0 radical (unpaired) electrons. The fourth-order valence-corrected chi connectivity index (χ4v) is 4.25. The highest BCUT2D eigenvalue weighted by molar-refractivity contribution is 6.75. The molecule has 0 aliphatic heterocycles. The maximum absolute atomic E-state index is 6.68. The molecule has 4 heteroatoms. The van der Waals surface area contributed by atoms with Crippen molar-refractivity contribution in [2.45, 2.75) is 91.7 Å². The first kappa shape index (κ1) is 20.6. The summed E-state index contributed by atoms with van der Waals surface area (Å²) in [5, 5.41) is 0.381. The van der Waals surface area contributed by atoms with Crippen LogP contribution in [0.3, 0.4) is 0 Å². The van der Waals surface area contributed by atoms with Crippen molar-refractivity contribution in [1.82, 2.24) is 0 Å². The lowest BCUT2D eigenvalue weighted by atomic mass is 10.2. The molecule has 0 saturated heterocycles. The van der Waals surface area contributed by atoms with Gasteiger partial charge in [-0.3, -0.25) is 0 Å². The fourth-order valence-electron chi connectivity index (χ4n) is 2.03. The molecule has 23 heavy (non-hydrogen) atoms. The van der Waals surface area contributed by atoms with E-state index in [1.807, 2.05) is 0 Å². The van der Waals surface area contributed by atoms with Gasteiger partial charge in [-0.05, 0) is 48.8 Å². The number of rotatable bonds is 4. The molecule has 0 bridgehead atoms. The van der Waals surface area contributed by atoms with E-state index in [2.05, 4.69) is 87.7 Å². The van der Waals surface area contributed by atoms with E-state index < -0.39 is 16.6 Å². The number of hydrogen-bond acceptors (Lipinski definition) is 2. The maximum atomic E-state index is 6.68. The molecule has 134 valence electrons. The second-order valence-corrected chi connectivity index (χ2v) is 19.5. The summed E-state index contributed by atoms with van der Waals surface area (Å²) in [6.07, 6.45) is 2.28. The molecule has 0 spiro atoms. The van der Waals surface area contributed by atoms with Gasteiger partial charge in [0.15, 0.2) is 0 Å². The third-order valence-corrected chi connectivity index (χ3v) is 14.5. The van der Waals surface area contributed by atoms with Crippen LogP contribution in [-0.2, 0) is 8.85 Å². The predicted octanol–water partition coefficient (Wildman–Crippen LogP) is 6.84. The summed E-state index contributed by atoms with van der Waals surface area (Å²) in [5.74, 6) is 2.40. The van der Waals surface area contributed by atoms with Gasteiger partial charge in [0, 0.05) is 5.92 Å². The van der Waals surface area contributed by atoms with Gasteiger partial charge in [0.2, 0.25) is 8.32 Å². The summed E-state index contributed by atoms with van der Waals surface area (Å²) < 4.78 is 13.3. The van der Waals surface area contributed by atoms with Crippen LogP contribution in [0.4, 0.5) is 0 Å². The second kappa shape index (κ2) is 6.10. The van der Waals surface area contributed by atoms with Crippen LogP contribution in [0.5, 0.6) is 0 Å². The van der Waals surface area contributed by atoms with Crippen molar-refractivity contribution in [3.8, 4) is 0 Å². The van der Waals surface area contributed by atoms with Crippen molar-refractivity contribution < 1.29 is 8.85 Å². The highest BCUT2D eigenvalue weighted by atomic mass is 28.4. The minimum Gasteiger partial charge on any atom is -0.543 e. The molecular weight excluding hydrogens is 316 g/mol. The van der Waals surface area contributed by atoms with Crippen molar-refractivity contribution in [1.29, 1.82) is 0 Å². The molecule has 1 aliphatic rings. The van der Waals surface area contributed by atoms with E-state index in [1.54, 1.807) is 0 Å². The van der Waals surface area contributed by atoms with Crippen molar-refractivity contribution in [2.24, 2.45) is 5.92 Å². The lowest BCUT2D eigenvalue weighted by Gasteiger charge is -2.40. The Bertz CT molecular complexity index is 514.